The maximum absolute atomic E-state index is 4.34. The standard InChI is InChI=1S/C14H13N3/c1-17(2)13-9-5-7-11-10-6-3-4-8-12(10)15-16-14(11)13/h3-9H,1-2H3. The van der Waals surface area contributed by atoms with Gasteiger partial charge in [-0.15, -0.1) is 10.2 Å². The highest BCUT2D eigenvalue weighted by Gasteiger charge is 2.07. The van der Waals surface area contributed by atoms with Gasteiger partial charge in [0, 0.05) is 24.9 Å². The molecule has 3 heteroatoms. The molecular formula is C14H13N3. The van der Waals surface area contributed by atoms with E-state index >= 15 is 0 Å². The molecule has 0 fully saturated rings. The molecule has 3 rings (SSSR count). The molecule has 3 nitrogen and oxygen atoms in total. The Morgan fingerprint density at radius 2 is 1.59 bits per heavy atom. The second-order valence-corrected chi connectivity index (χ2v) is 4.28. The Balaban J connectivity index is 2.48. The molecule has 0 unspecified atom stereocenters. The van der Waals surface area contributed by atoms with Gasteiger partial charge in [0.2, 0.25) is 0 Å². The third-order valence-corrected chi connectivity index (χ3v) is 2.95. The second kappa shape index (κ2) is 3.70. The molecule has 0 saturated carbocycles. The Labute approximate surface area is 99.7 Å². The fourth-order valence-corrected chi connectivity index (χ4v) is 2.11. The first-order valence-corrected chi connectivity index (χ1v) is 5.59. The Morgan fingerprint density at radius 1 is 0.824 bits per heavy atom. The number of nitrogens with zero attached hydrogens (tertiary/aromatic N) is 3. The molecule has 84 valence electrons. The number of rotatable bonds is 1. The Kier molecular flexibility index (Phi) is 2.18. The number of anilines is 1. The van der Waals surface area contributed by atoms with E-state index in [1.165, 1.54) is 0 Å². The van der Waals surface area contributed by atoms with Gasteiger partial charge in [-0.05, 0) is 12.1 Å². The van der Waals surface area contributed by atoms with Crippen LogP contribution in [0.1, 0.15) is 0 Å². The van der Waals surface area contributed by atoms with E-state index in [1.807, 2.05) is 32.3 Å². The van der Waals surface area contributed by atoms with Crippen molar-refractivity contribution in [2.45, 2.75) is 0 Å². The first-order valence-electron chi connectivity index (χ1n) is 5.59. The van der Waals surface area contributed by atoms with Crippen molar-refractivity contribution >= 4 is 27.5 Å². The minimum absolute atomic E-state index is 0.941. The lowest BCUT2D eigenvalue weighted by Crippen LogP contribution is -2.09. The Hall–Kier alpha value is -2.16. The van der Waals surface area contributed by atoms with Crippen LogP contribution in [0, 0.1) is 0 Å². The molecule has 1 heterocycles. The second-order valence-electron chi connectivity index (χ2n) is 4.28. The lowest BCUT2D eigenvalue weighted by Gasteiger charge is -2.14. The van der Waals surface area contributed by atoms with Gasteiger partial charge in [-0.3, -0.25) is 0 Å². The number of hydrogen-bond donors (Lipinski definition) is 0. The quantitative estimate of drug-likeness (QED) is 0.594. The molecule has 0 radical (unpaired) electrons. The van der Waals surface area contributed by atoms with Crippen molar-refractivity contribution in [1.82, 2.24) is 10.2 Å². The van der Waals surface area contributed by atoms with Crippen LogP contribution in [0.5, 0.6) is 0 Å². The summed E-state index contributed by atoms with van der Waals surface area (Å²) in [5, 5.41) is 10.9. The molecule has 3 aromatic rings. The smallest absolute Gasteiger partial charge is 0.117 e. The van der Waals surface area contributed by atoms with E-state index in [0.29, 0.717) is 0 Å². The monoisotopic (exact) mass is 223 g/mol. The van der Waals surface area contributed by atoms with E-state index in [0.717, 1.165) is 27.5 Å². The maximum atomic E-state index is 4.34. The molecule has 0 aliphatic rings. The maximum Gasteiger partial charge on any atom is 0.117 e. The van der Waals surface area contributed by atoms with Crippen molar-refractivity contribution in [2.24, 2.45) is 0 Å². The van der Waals surface area contributed by atoms with Crippen LogP contribution in [0.2, 0.25) is 0 Å². The fourth-order valence-electron chi connectivity index (χ4n) is 2.11. The third kappa shape index (κ3) is 1.51. The summed E-state index contributed by atoms with van der Waals surface area (Å²) in [6, 6.07) is 14.3. The highest BCUT2D eigenvalue weighted by atomic mass is 15.1. The molecule has 0 spiro atoms. The lowest BCUT2D eigenvalue weighted by atomic mass is 10.1. The van der Waals surface area contributed by atoms with E-state index < -0.39 is 0 Å². The summed E-state index contributed by atoms with van der Waals surface area (Å²) >= 11 is 0. The van der Waals surface area contributed by atoms with Crippen molar-refractivity contribution in [3.8, 4) is 0 Å². The van der Waals surface area contributed by atoms with Crippen molar-refractivity contribution < 1.29 is 0 Å². The number of hydrogen-bond acceptors (Lipinski definition) is 3. The van der Waals surface area contributed by atoms with Crippen LogP contribution in [0.4, 0.5) is 5.69 Å². The third-order valence-electron chi connectivity index (χ3n) is 2.95. The summed E-state index contributed by atoms with van der Waals surface area (Å²) < 4.78 is 0. The summed E-state index contributed by atoms with van der Waals surface area (Å²) in [5.74, 6) is 0. The fraction of sp³-hybridized carbons (Fsp3) is 0.143. The van der Waals surface area contributed by atoms with Crippen LogP contribution >= 0.6 is 0 Å². The van der Waals surface area contributed by atoms with E-state index in [4.69, 9.17) is 0 Å². The van der Waals surface area contributed by atoms with E-state index in [-0.39, 0.29) is 0 Å². The summed E-state index contributed by atoms with van der Waals surface area (Å²) in [6.07, 6.45) is 0. The molecule has 2 aromatic carbocycles. The van der Waals surface area contributed by atoms with Gasteiger partial charge in [-0.25, -0.2) is 0 Å². The average Bonchev–Trinajstić information content (AvgIpc) is 2.37. The summed E-state index contributed by atoms with van der Waals surface area (Å²) in [5.41, 5.74) is 2.99. The average molecular weight is 223 g/mol. The van der Waals surface area contributed by atoms with Crippen molar-refractivity contribution in [3.05, 3.63) is 42.5 Å². The van der Waals surface area contributed by atoms with Gasteiger partial charge >= 0.3 is 0 Å². The minimum atomic E-state index is 0.941. The summed E-state index contributed by atoms with van der Waals surface area (Å²) in [7, 11) is 4.04. The van der Waals surface area contributed by atoms with Crippen molar-refractivity contribution in [2.75, 3.05) is 19.0 Å². The molecule has 0 aliphatic carbocycles. The number of benzene rings is 2. The van der Waals surface area contributed by atoms with Gasteiger partial charge in [0.1, 0.15) is 5.52 Å². The van der Waals surface area contributed by atoms with Gasteiger partial charge in [0.25, 0.3) is 0 Å². The molecule has 1 aromatic heterocycles. The Morgan fingerprint density at radius 3 is 2.41 bits per heavy atom. The highest BCUT2D eigenvalue weighted by molar-refractivity contribution is 6.07. The van der Waals surface area contributed by atoms with Gasteiger partial charge in [-0.1, -0.05) is 30.3 Å². The van der Waals surface area contributed by atoms with Crippen LogP contribution in [-0.4, -0.2) is 24.3 Å². The molecule has 0 N–H and O–H groups in total. The van der Waals surface area contributed by atoms with Gasteiger partial charge < -0.3 is 4.90 Å². The molecule has 0 saturated heterocycles. The van der Waals surface area contributed by atoms with Crippen LogP contribution in [0.3, 0.4) is 0 Å². The van der Waals surface area contributed by atoms with E-state index in [2.05, 4.69) is 39.4 Å². The SMILES string of the molecule is CN(C)c1cccc2c1nnc1ccccc12. The van der Waals surface area contributed by atoms with Gasteiger partial charge in [-0.2, -0.15) is 0 Å². The Bertz CT molecular complexity index is 689. The predicted molar refractivity (Wildman–Crippen MR) is 71.4 cm³/mol. The predicted octanol–water partition coefficient (Wildman–Crippen LogP) is 2.85. The zero-order valence-corrected chi connectivity index (χ0v) is 9.88. The molecule has 0 bridgehead atoms. The molecule has 17 heavy (non-hydrogen) atoms. The molecule has 0 aliphatic heterocycles. The van der Waals surface area contributed by atoms with Crippen LogP contribution in [0.25, 0.3) is 21.8 Å². The summed E-state index contributed by atoms with van der Waals surface area (Å²) in [4.78, 5) is 2.06. The van der Waals surface area contributed by atoms with Crippen molar-refractivity contribution in [3.63, 3.8) is 0 Å². The first kappa shape index (κ1) is 10.0. The van der Waals surface area contributed by atoms with Gasteiger partial charge in [0.15, 0.2) is 0 Å². The van der Waals surface area contributed by atoms with Crippen LogP contribution in [-0.2, 0) is 0 Å². The summed E-state index contributed by atoms with van der Waals surface area (Å²) in [6.45, 7) is 0. The highest BCUT2D eigenvalue weighted by Crippen LogP contribution is 2.27. The largest absolute Gasteiger partial charge is 0.376 e. The van der Waals surface area contributed by atoms with E-state index in [9.17, 15) is 0 Å². The van der Waals surface area contributed by atoms with Crippen LogP contribution in [0.15, 0.2) is 42.5 Å². The zero-order chi connectivity index (χ0) is 11.8. The normalized spacial score (nSPS) is 10.9. The molecular weight excluding hydrogens is 210 g/mol. The topological polar surface area (TPSA) is 29.0 Å². The van der Waals surface area contributed by atoms with Crippen molar-refractivity contribution in [1.29, 1.82) is 0 Å². The number of fused-ring (bicyclic) bond motifs is 3. The van der Waals surface area contributed by atoms with Crippen LogP contribution < -0.4 is 4.90 Å². The lowest BCUT2D eigenvalue weighted by molar-refractivity contribution is 1.09. The minimum Gasteiger partial charge on any atom is -0.376 e. The van der Waals surface area contributed by atoms with Gasteiger partial charge in [0.05, 0.1) is 11.2 Å². The van der Waals surface area contributed by atoms with E-state index in [1.54, 1.807) is 0 Å². The molecule has 0 amide bonds. The number of aromatic nitrogens is 2. The molecule has 0 atom stereocenters. The zero-order valence-electron chi connectivity index (χ0n) is 9.88. The first-order chi connectivity index (χ1) is 8.27.